The Morgan fingerprint density at radius 1 is 1.06 bits per heavy atom. The molecule has 1 heterocycles. The van der Waals surface area contributed by atoms with Gasteiger partial charge in [-0.25, -0.2) is 4.79 Å². The van der Waals surface area contributed by atoms with Crippen LogP contribution in [0.3, 0.4) is 0 Å². The number of nitrogens with one attached hydrogen (secondary N) is 1. The lowest BCUT2D eigenvalue weighted by Crippen LogP contribution is -2.46. The number of hydrogen-bond acceptors (Lipinski definition) is 5. The van der Waals surface area contributed by atoms with Gasteiger partial charge < -0.3 is 10.1 Å². The molecule has 3 amide bonds. The number of carbonyl (C=O) groups is 4. The summed E-state index contributed by atoms with van der Waals surface area (Å²) in [6.45, 7) is 2.84. The fourth-order valence-electron chi connectivity index (χ4n) is 5.22. The molecule has 2 saturated carbocycles. The van der Waals surface area contributed by atoms with E-state index in [4.69, 9.17) is 4.74 Å². The van der Waals surface area contributed by atoms with Crippen molar-refractivity contribution in [3.63, 3.8) is 0 Å². The van der Waals surface area contributed by atoms with Crippen molar-refractivity contribution in [3.8, 4) is 0 Å². The van der Waals surface area contributed by atoms with Crippen LogP contribution in [0.5, 0.6) is 0 Å². The Kier molecular flexibility index (Phi) is 6.27. The molecule has 4 rings (SSSR count). The highest BCUT2D eigenvalue weighted by Crippen LogP contribution is 2.60. The number of benzene rings is 1. The predicted octanol–water partition coefficient (Wildman–Crippen LogP) is 2.57. The van der Waals surface area contributed by atoms with Crippen molar-refractivity contribution < 1.29 is 23.9 Å². The molecule has 1 N–H and O–H groups in total. The molecule has 9 heteroatoms. The molecular weight excluding hydrogens is 532 g/mol. The van der Waals surface area contributed by atoms with Crippen molar-refractivity contribution in [1.82, 2.24) is 10.2 Å². The molecule has 1 saturated heterocycles. The van der Waals surface area contributed by atoms with Crippen molar-refractivity contribution in [1.29, 1.82) is 0 Å². The zero-order valence-corrected chi connectivity index (χ0v) is 20.3. The van der Waals surface area contributed by atoms with Crippen molar-refractivity contribution in [2.75, 3.05) is 6.61 Å². The van der Waals surface area contributed by atoms with E-state index in [-0.39, 0.29) is 51.2 Å². The summed E-state index contributed by atoms with van der Waals surface area (Å²) < 4.78 is 5.13. The minimum Gasteiger partial charge on any atom is -0.454 e. The number of imide groups is 1. The third-order valence-electron chi connectivity index (χ3n) is 6.77. The van der Waals surface area contributed by atoms with Crippen LogP contribution in [-0.4, -0.2) is 50.9 Å². The Morgan fingerprint density at radius 3 is 2.16 bits per heavy atom. The van der Waals surface area contributed by atoms with Gasteiger partial charge in [0.05, 0.1) is 17.9 Å². The van der Waals surface area contributed by atoms with E-state index in [1.54, 1.807) is 0 Å². The van der Waals surface area contributed by atoms with E-state index in [9.17, 15) is 19.2 Å². The highest BCUT2D eigenvalue weighted by Gasteiger charge is 2.67. The second-order valence-corrected chi connectivity index (χ2v) is 10.6. The first-order valence-electron chi connectivity index (χ1n) is 10.4. The van der Waals surface area contributed by atoms with Gasteiger partial charge in [0.15, 0.2) is 6.61 Å². The smallest absolute Gasteiger partial charge is 0.329 e. The minimum absolute atomic E-state index is 0.0781. The number of amides is 3. The van der Waals surface area contributed by atoms with E-state index in [0.29, 0.717) is 0 Å². The fourth-order valence-corrected chi connectivity index (χ4v) is 7.10. The lowest BCUT2D eigenvalue weighted by atomic mass is 9.81. The Hall–Kier alpha value is -1.74. The lowest BCUT2D eigenvalue weighted by molar-refractivity contribution is -0.160. The van der Waals surface area contributed by atoms with Gasteiger partial charge in [-0.3, -0.25) is 19.3 Å². The Labute approximate surface area is 197 Å². The average Bonchev–Trinajstić information content (AvgIpc) is 3.37. The van der Waals surface area contributed by atoms with E-state index >= 15 is 0 Å². The molecule has 7 nitrogen and oxygen atoms in total. The fraction of sp³-hybridized carbons (Fsp3) is 0.545. The summed E-state index contributed by atoms with van der Waals surface area (Å²) in [4.78, 5) is 52.1. The topological polar surface area (TPSA) is 92.8 Å². The maximum Gasteiger partial charge on any atom is 0.329 e. The summed E-state index contributed by atoms with van der Waals surface area (Å²) >= 11 is 7.29. The van der Waals surface area contributed by atoms with Crippen molar-refractivity contribution in [2.24, 2.45) is 23.7 Å². The van der Waals surface area contributed by atoms with E-state index < -0.39 is 24.5 Å². The number of ether oxygens (including phenoxy) is 1. The normalized spacial score (nSPS) is 33.2. The van der Waals surface area contributed by atoms with E-state index in [0.717, 1.165) is 16.9 Å². The summed E-state index contributed by atoms with van der Waals surface area (Å²) in [7, 11) is 0. The Balaban J connectivity index is 1.34. The first kappa shape index (κ1) is 22.5. The summed E-state index contributed by atoms with van der Waals surface area (Å²) in [5.41, 5.74) is 0.931. The maximum absolute atomic E-state index is 13.0. The van der Waals surface area contributed by atoms with Crippen LogP contribution in [0.2, 0.25) is 0 Å². The number of hydrogen-bond donors (Lipinski definition) is 1. The van der Waals surface area contributed by atoms with Gasteiger partial charge >= 0.3 is 5.97 Å². The minimum atomic E-state index is -1.06. The van der Waals surface area contributed by atoms with Gasteiger partial charge in [0, 0.05) is 9.65 Å². The SMILES string of the molecule is C[C@H](NC(=O)COC(=O)[C@H](C)N1C(=O)[C@@H]2[C@H]3C[C@@H]([C@H](Br)[C@@H]3Br)[C@@H]2C1=O)c1ccccc1. The summed E-state index contributed by atoms with van der Waals surface area (Å²) in [5.74, 6) is -2.45. The van der Waals surface area contributed by atoms with Crippen LogP contribution in [0.1, 0.15) is 31.9 Å². The number of fused-ring (bicyclic) bond motifs is 5. The molecule has 3 fully saturated rings. The molecule has 8 atom stereocenters. The second-order valence-electron chi connectivity index (χ2n) is 8.53. The zero-order valence-electron chi connectivity index (χ0n) is 17.2. The maximum atomic E-state index is 13.0. The van der Waals surface area contributed by atoms with Crippen LogP contribution in [0.15, 0.2) is 30.3 Å². The number of alkyl halides is 2. The van der Waals surface area contributed by atoms with Crippen LogP contribution in [-0.2, 0) is 23.9 Å². The number of esters is 1. The molecule has 0 spiro atoms. The molecular formula is C22H24Br2N2O5. The van der Waals surface area contributed by atoms with Gasteiger partial charge in [0.1, 0.15) is 6.04 Å². The zero-order chi connectivity index (χ0) is 22.4. The van der Waals surface area contributed by atoms with Gasteiger partial charge in [-0.1, -0.05) is 62.2 Å². The number of nitrogens with zero attached hydrogens (tertiary/aromatic N) is 1. The first-order chi connectivity index (χ1) is 14.7. The summed E-state index contributed by atoms with van der Waals surface area (Å²) in [6, 6.07) is 8.12. The lowest BCUT2D eigenvalue weighted by Gasteiger charge is -2.28. The number of carbonyl (C=O) groups excluding carboxylic acids is 4. The third kappa shape index (κ3) is 3.84. The first-order valence-corrected chi connectivity index (χ1v) is 12.2. The standard InChI is InChI=1S/C22H24Br2N2O5/c1-10(12-6-4-3-5-7-12)25-15(27)9-31-22(30)11(2)26-20(28)16-13-8-14(17(16)21(26)29)19(24)18(13)23/h3-7,10-11,13-14,16-19H,8-9H2,1-2H3,(H,25,27)/t10-,11-,13+,14+,16-,17+,18-,19+/m0/s1. The average molecular weight is 556 g/mol. The quantitative estimate of drug-likeness (QED) is 0.331. The Morgan fingerprint density at radius 2 is 1.61 bits per heavy atom. The summed E-state index contributed by atoms with van der Waals surface area (Å²) in [5, 5.41) is 2.77. The molecule has 1 aromatic carbocycles. The largest absolute Gasteiger partial charge is 0.454 e. The monoisotopic (exact) mass is 554 g/mol. The molecule has 1 aliphatic heterocycles. The van der Waals surface area contributed by atoms with Crippen LogP contribution >= 0.6 is 31.9 Å². The van der Waals surface area contributed by atoms with E-state index in [2.05, 4.69) is 37.2 Å². The van der Waals surface area contributed by atoms with Crippen molar-refractivity contribution in [2.45, 2.75) is 42.0 Å². The van der Waals surface area contributed by atoms with Crippen LogP contribution in [0.25, 0.3) is 0 Å². The molecule has 0 aromatic heterocycles. The third-order valence-corrected chi connectivity index (χ3v) is 9.98. The number of halogens is 2. The molecule has 31 heavy (non-hydrogen) atoms. The molecule has 1 aromatic rings. The van der Waals surface area contributed by atoms with Crippen LogP contribution in [0.4, 0.5) is 0 Å². The predicted molar refractivity (Wildman–Crippen MR) is 119 cm³/mol. The highest BCUT2D eigenvalue weighted by atomic mass is 79.9. The highest BCUT2D eigenvalue weighted by molar-refractivity contribution is 9.12. The van der Waals surface area contributed by atoms with Crippen molar-refractivity contribution in [3.05, 3.63) is 35.9 Å². The van der Waals surface area contributed by atoms with E-state index in [1.807, 2.05) is 37.3 Å². The number of likely N-dealkylation sites (tertiary alicyclic amines) is 1. The van der Waals surface area contributed by atoms with Gasteiger partial charge in [0.25, 0.3) is 5.91 Å². The number of rotatable bonds is 6. The van der Waals surface area contributed by atoms with E-state index in [1.165, 1.54) is 6.92 Å². The van der Waals surface area contributed by atoms with Gasteiger partial charge in [0.2, 0.25) is 11.8 Å². The Bertz CT molecular complexity index is 878. The van der Waals surface area contributed by atoms with Gasteiger partial charge in [-0.2, -0.15) is 0 Å². The second kappa shape index (κ2) is 8.65. The molecule has 2 bridgehead atoms. The molecule has 166 valence electrons. The molecule has 0 radical (unpaired) electrons. The van der Waals surface area contributed by atoms with Crippen LogP contribution in [0, 0.1) is 23.7 Å². The van der Waals surface area contributed by atoms with Crippen molar-refractivity contribution >= 4 is 55.6 Å². The molecule has 2 aliphatic carbocycles. The molecule has 0 unspecified atom stereocenters. The van der Waals surface area contributed by atoms with Gasteiger partial charge in [-0.15, -0.1) is 0 Å². The van der Waals surface area contributed by atoms with Crippen LogP contribution < -0.4 is 5.32 Å². The summed E-state index contributed by atoms with van der Waals surface area (Å²) in [6.07, 6.45) is 0.824. The van der Waals surface area contributed by atoms with Gasteiger partial charge in [-0.05, 0) is 37.7 Å². The molecule has 3 aliphatic rings.